The molecule has 0 aromatic heterocycles. The molecule has 0 saturated carbocycles. The van der Waals surface area contributed by atoms with Gasteiger partial charge < -0.3 is 10.1 Å². The molecular weight excluding hydrogens is 278 g/mol. The summed E-state index contributed by atoms with van der Waals surface area (Å²) in [6.07, 6.45) is 1.85. The Balaban J connectivity index is 2.22. The first-order valence-corrected chi connectivity index (χ1v) is 8.23. The van der Waals surface area contributed by atoms with Gasteiger partial charge in [-0.1, -0.05) is 12.1 Å². The monoisotopic (exact) mass is 297 g/mol. The average molecular weight is 297 g/mol. The topological polar surface area (TPSA) is 79.8 Å². The van der Waals surface area contributed by atoms with Crippen LogP contribution in [0.4, 0.5) is 5.69 Å². The molecule has 0 spiro atoms. The maximum Gasteiger partial charge on any atom is 0.229 e. The zero-order valence-electron chi connectivity index (χ0n) is 11.6. The van der Waals surface area contributed by atoms with Crippen LogP contribution in [0.2, 0.25) is 0 Å². The molecule has 0 saturated heterocycles. The second kappa shape index (κ2) is 6.23. The minimum Gasteiger partial charge on any atom is -0.380 e. The molecular formula is C13H19N3O3S. The van der Waals surface area contributed by atoms with Crippen LogP contribution in [-0.2, 0) is 27.8 Å². The summed E-state index contributed by atoms with van der Waals surface area (Å²) in [6, 6.07) is 5.61. The summed E-state index contributed by atoms with van der Waals surface area (Å²) >= 11 is 0. The van der Waals surface area contributed by atoms with Crippen molar-refractivity contribution in [1.82, 2.24) is 5.32 Å². The van der Waals surface area contributed by atoms with Gasteiger partial charge in [-0.05, 0) is 11.6 Å². The van der Waals surface area contributed by atoms with Crippen molar-refractivity contribution in [2.75, 3.05) is 31.2 Å². The fourth-order valence-electron chi connectivity index (χ4n) is 2.09. The first-order valence-electron chi connectivity index (χ1n) is 6.33. The largest absolute Gasteiger partial charge is 0.380 e. The summed E-state index contributed by atoms with van der Waals surface area (Å²) in [5, 5.41) is 3.22. The maximum atomic E-state index is 11.3. The molecule has 1 aromatic rings. The van der Waals surface area contributed by atoms with Crippen molar-refractivity contribution in [1.29, 1.82) is 0 Å². The van der Waals surface area contributed by atoms with Crippen LogP contribution >= 0.6 is 0 Å². The van der Waals surface area contributed by atoms with Crippen LogP contribution in [0, 0.1) is 0 Å². The zero-order chi connectivity index (χ0) is 14.6. The molecule has 1 aromatic carbocycles. The van der Waals surface area contributed by atoms with Crippen molar-refractivity contribution in [2.24, 2.45) is 4.99 Å². The molecule has 0 atom stereocenters. The Morgan fingerprint density at radius 3 is 2.85 bits per heavy atom. The first kappa shape index (κ1) is 14.8. The Bertz CT molecular complexity index is 611. The minimum absolute atomic E-state index is 0.353. The molecule has 0 bridgehead atoms. The van der Waals surface area contributed by atoms with E-state index in [0.717, 1.165) is 42.7 Å². The number of nitrogens with one attached hydrogen (secondary N) is 2. The Morgan fingerprint density at radius 2 is 2.25 bits per heavy atom. The lowest BCUT2D eigenvalue weighted by Crippen LogP contribution is -2.20. The van der Waals surface area contributed by atoms with Crippen LogP contribution in [0.25, 0.3) is 0 Å². The average Bonchev–Trinajstić information content (AvgIpc) is 2.84. The second-order valence-electron chi connectivity index (χ2n) is 4.73. The van der Waals surface area contributed by atoms with Crippen molar-refractivity contribution < 1.29 is 13.2 Å². The SMILES string of the molecule is COCc1cc(CC2=NCCN2)ccc1NS(C)(=O)=O. The predicted octanol–water partition coefficient (Wildman–Crippen LogP) is 0.749. The van der Waals surface area contributed by atoms with Gasteiger partial charge in [0, 0.05) is 25.6 Å². The second-order valence-corrected chi connectivity index (χ2v) is 6.48. The number of hydrogen-bond acceptors (Lipinski definition) is 5. The van der Waals surface area contributed by atoms with Crippen LogP contribution in [0.5, 0.6) is 0 Å². The lowest BCUT2D eigenvalue weighted by atomic mass is 10.1. The molecule has 1 aliphatic heterocycles. The van der Waals surface area contributed by atoms with Crippen molar-refractivity contribution in [2.45, 2.75) is 13.0 Å². The van der Waals surface area contributed by atoms with Crippen molar-refractivity contribution in [3.05, 3.63) is 29.3 Å². The van der Waals surface area contributed by atoms with Crippen molar-refractivity contribution in [3.8, 4) is 0 Å². The van der Waals surface area contributed by atoms with Gasteiger partial charge in [-0.25, -0.2) is 8.42 Å². The van der Waals surface area contributed by atoms with E-state index in [1.54, 1.807) is 13.2 Å². The third-order valence-corrected chi connectivity index (χ3v) is 3.47. The summed E-state index contributed by atoms with van der Waals surface area (Å²) < 4.78 is 30.3. The van der Waals surface area contributed by atoms with Gasteiger partial charge in [0.1, 0.15) is 5.84 Å². The van der Waals surface area contributed by atoms with Gasteiger partial charge in [-0.15, -0.1) is 0 Å². The Kier molecular flexibility index (Phi) is 4.61. The van der Waals surface area contributed by atoms with E-state index in [-0.39, 0.29) is 0 Å². The molecule has 20 heavy (non-hydrogen) atoms. The molecule has 0 unspecified atom stereocenters. The summed E-state index contributed by atoms with van der Waals surface area (Å²) in [6.45, 7) is 2.05. The molecule has 0 amide bonds. The summed E-state index contributed by atoms with van der Waals surface area (Å²) in [5.41, 5.74) is 2.44. The van der Waals surface area contributed by atoms with Crippen LogP contribution in [0.3, 0.4) is 0 Å². The molecule has 0 fully saturated rings. The highest BCUT2D eigenvalue weighted by Gasteiger charge is 2.11. The maximum absolute atomic E-state index is 11.3. The van der Waals surface area contributed by atoms with Crippen LogP contribution in [-0.4, -0.2) is 40.7 Å². The van der Waals surface area contributed by atoms with E-state index in [9.17, 15) is 8.42 Å². The summed E-state index contributed by atoms with van der Waals surface area (Å²) in [4.78, 5) is 4.35. The number of benzene rings is 1. The highest BCUT2D eigenvalue weighted by molar-refractivity contribution is 7.92. The van der Waals surface area contributed by atoms with Crippen LogP contribution in [0.1, 0.15) is 11.1 Å². The predicted molar refractivity (Wildman–Crippen MR) is 79.6 cm³/mol. The van der Waals surface area contributed by atoms with E-state index >= 15 is 0 Å². The number of hydrogen-bond donors (Lipinski definition) is 2. The fourth-order valence-corrected chi connectivity index (χ4v) is 2.69. The molecule has 0 radical (unpaired) electrons. The Morgan fingerprint density at radius 1 is 1.45 bits per heavy atom. The van der Waals surface area contributed by atoms with E-state index in [2.05, 4.69) is 15.0 Å². The van der Waals surface area contributed by atoms with E-state index in [0.29, 0.717) is 12.3 Å². The third-order valence-electron chi connectivity index (χ3n) is 2.88. The normalized spacial score (nSPS) is 14.8. The lowest BCUT2D eigenvalue weighted by Gasteiger charge is -2.12. The van der Waals surface area contributed by atoms with E-state index in [1.807, 2.05) is 12.1 Å². The lowest BCUT2D eigenvalue weighted by molar-refractivity contribution is 0.185. The summed E-state index contributed by atoms with van der Waals surface area (Å²) in [5.74, 6) is 0.970. The smallest absolute Gasteiger partial charge is 0.229 e. The molecule has 110 valence electrons. The highest BCUT2D eigenvalue weighted by atomic mass is 32.2. The molecule has 0 aliphatic carbocycles. The van der Waals surface area contributed by atoms with Crippen LogP contribution in [0.15, 0.2) is 23.2 Å². The molecule has 6 nitrogen and oxygen atoms in total. The molecule has 2 N–H and O–H groups in total. The molecule has 1 heterocycles. The fraction of sp³-hybridized carbons (Fsp3) is 0.462. The van der Waals surface area contributed by atoms with Gasteiger partial charge in [-0.2, -0.15) is 0 Å². The Hall–Kier alpha value is -1.60. The van der Waals surface area contributed by atoms with Gasteiger partial charge in [-0.3, -0.25) is 9.71 Å². The van der Waals surface area contributed by atoms with Gasteiger partial charge >= 0.3 is 0 Å². The highest BCUT2D eigenvalue weighted by Crippen LogP contribution is 2.20. The third kappa shape index (κ3) is 4.21. The van der Waals surface area contributed by atoms with Gasteiger partial charge in [0.15, 0.2) is 0 Å². The Labute approximate surface area is 119 Å². The zero-order valence-corrected chi connectivity index (χ0v) is 12.5. The number of nitrogens with zero attached hydrogens (tertiary/aromatic N) is 1. The number of amidine groups is 1. The molecule has 2 rings (SSSR count). The number of sulfonamides is 1. The summed E-state index contributed by atoms with van der Waals surface area (Å²) in [7, 11) is -1.71. The number of aliphatic imine (C=N–C) groups is 1. The van der Waals surface area contributed by atoms with E-state index in [1.165, 1.54) is 0 Å². The van der Waals surface area contributed by atoms with Gasteiger partial charge in [0.05, 0.1) is 25.1 Å². The van der Waals surface area contributed by atoms with Gasteiger partial charge in [0.25, 0.3) is 0 Å². The van der Waals surface area contributed by atoms with Crippen LogP contribution < -0.4 is 10.0 Å². The number of anilines is 1. The molecule has 1 aliphatic rings. The first-order chi connectivity index (χ1) is 9.48. The van der Waals surface area contributed by atoms with E-state index in [4.69, 9.17) is 4.74 Å². The van der Waals surface area contributed by atoms with Gasteiger partial charge in [0.2, 0.25) is 10.0 Å². The number of methoxy groups -OCH3 is 1. The number of rotatable bonds is 6. The van der Waals surface area contributed by atoms with Crippen molar-refractivity contribution >= 4 is 21.5 Å². The quantitative estimate of drug-likeness (QED) is 0.812. The van der Waals surface area contributed by atoms with E-state index < -0.39 is 10.0 Å². The minimum atomic E-state index is -3.29. The number of ether oxygens (including phenoxy) is 1. The molecule has 7 heteroatoms. The van der Waals surface area contributed by atoms with Crippen molar-refractivity contribution in [3.63, 3.8) is 0 Å². The standard InChI is InChI=1S/C13H19N3O3S/c1-19-9-11-7-10(8-13-14-5-6-15-13)3-4-12(11)16-20(2,17)18/h3-4,7,16H,5-6,8-9H2,1-2H3,(H,14,15).